The van der Waals surface area contributed by atoms with E-state index in [0.29, 0.717) is 0 Å². The molecular formula is C17H32N4. The molecule has 2 rings (SSSR count). The van der Waals surface area contributed by atoms with Gasteiger partial charge in [-0.15, -0.1) is 0 Å². The van der Waals surface area contributed by atoms with Crippen LogP contribution in [0, 0.1) is 5.92 Å². The van der Waals surface area contributed by atoms with Gasteiger partial charge in [0.1, 0.15) is 0 Å². The Morgan fingerprint density at radius 1 is 1.29 bits per heavy atom. The van der Waals surface area contributed by atoms with Crippen molar-refractivity contribution in [1.29, 1.82) is 0 Å². The topological polar surface area (TPSA) is 33.1 Å². The second kappa shape index (κ2) is 8.42. The Bertz CT molecular complexity index is 405. The molecule has 0 saturated carbocycles. The highest BCUT2D eigenvalue weighted by atomic mass is 15.3. The molecule has 0 aliphatic carbocycles. The molecule has 0 spiro atoms. The monoisotopic (exact) mass is 292 g/mol. The van der Waals surface area contributed by atoms with Crippen LogP contribution in [0.25, 0.3) is 0 Å². The first-order valence-corrected chi connectivity index (χ1v) is 8.74. The largest absolute Gasteiger partial charge is 0.342 e. The van der Waals surface area contributed by atoms with Crippen LogP contribution in [-0.2, 0) is 13.0 Å². The van der Waals surface area contributed by atoms with E-state index in [1.807, 2.05) is 7.05 Å². The van der Waals surface area contributed by atoms with Gasteiger partial charge >= 0.3 is 0 Å². The smallest absolute Gasteiger partial charge is 0.205 e. The lowest BCUT2D eigenvalue weighted by Gasteiger charge is -2.33. The third-order valence-corrected chi connectivity index (χ3v) is 4.62. The molecule has 1 aromatic rings. The van der Waals surface area contributed by atoms with Gasteiger partial charge in [-0.2, -0.15) is 0 Å². The van der Waals surface area contributed by atoms with Crippen LogP contribution in [-0.4, -0.2) is 36.2 Å². The molecule has 1 saturated heterocycles. The lowest BCUT2D eigenvalue weighted by Crippen LogP contribution is -2.36. The first-order valence-electron chi connectivity index (χ1n) is 8.74. The Morgan fingerprint density at radius 3 is 2.67 bits per heavy atom. The molecule has 0 aromatic carbocycles. The maximum Gasteiger partial charge on any atom is 0.205 e. The molecule has 1 aliphatic heterocycles. The summed E-state index contributed by atoms with van der Waals surface area (Å²) in [6.45, 7) is 9.04. The van der Waals surface area contributed by atoms with E-state index >= 15 is 0 Å². The van der Waals surface area contributed by atoms with Crippen molar-refractivity contribution in [1.82, 2.24) is 14.9 Å². The minimum atomic E-state index is 0.887. The first-order chi connectivity index (χ1) is 10.3. The quantitative estimate of drug-likeness (QED) is 0.799. The fourth-order valence-corrected chi connectivity index (χ4v) is 3.14. The van der Waals surface area contributed by atoms with Crippen LogP contribution in [0.3, 0.4) is 0 Å². The van der Waals surface area contributed by atoms with Gasteiger partial charge in [-0.3, -0.25) is 0 Å². The van der Waals surface area contributed by atoms with Gasteiger partial charge in [-0.05, 0) is 51.6 Å². The highest BCUT2D eigenvalue weighted by molar-refractivity contribution is 5.34. The summed E-state index contributed by atoms with van der Waals surface area (Å²) in [6, 6.07) is 0. The zero-order chi connectivity index (χ0) is 15.1. The summed E-state index contributed by atoms with van der Waals surface area (Å²) in [5.74, 6) is 2.10. The van der Waals surface area contributed by atoms with E-state index in [1.165, 1.54) is 56.8 Å². The number of aromatic nitrogens is 2. The van der Waals surface area contributed by atoms with Crippen molar-refractivity contribution in [2.24, 2.45) is 5.92 Å². The molecule has 1 aromatic heterocycles. The molecule has 0 amide bonds. The van der Waals surface area contributed by atoms with Gasteiger partial charge in [-0.1, -0.05) is 20.3 Å². The van der Waals surface area contributed by atoms with Gasteiger partial charge in [0.15, 0.2) is 0 Å². The number of hydrogen-bond donors (Lipinski definition) is 1. The van der Waals surface area contributed by atoms with E-state index in [2.05, 4.69) is 34.8 Å². The zero-order valence-corrected chi connectivity index (χ0v) is 14.1. The van der Waals surface area contributed by atoms with Gasteiger partial charge in [0, 0.05) is 25.8 Å². The Labute approximate surface area is 129 Å². The summed E-state index contributed by atoms with van der Waals surface area (Å²) in [7, 11) is 2.05. The molecule has 0 atom stereocenters. The lowest BCUT2D eigenvalue weighted by molar-refractivity contribution is 0.373. The molecule has 1 aliphatic rings. The summed E-state index contributed by atoms with van der Waals surface area (Å²) in [5.41, 5.74) is 1.23. The van der Waals surface area contributed by atoms with Gasteiger partial charge < -0.3 is 14.8 Å². The van der Waals surface area contributed by atoms with Crippen molar-refractivity contribution < 1.29 is 0 Å². The van der Waals surface area contributed by atoms with Crippen LogP contribution < -0.4 is 10.2 Å². The molecule has 21 heavy (non-hydrogen) atoms. The molecule has 2 heterocycles. The highest BCUT2D eigenvalue weighted by Crippen LogP contribution is 2.25. The number of rotatable bonds is 8. The van der Waals surface area contributed by atoms with Gasteiger partial charge in [0.2, 0.25) is 5.95 Å². The van der Waals surface area contributed by atoms with Crippen LogP contribution in [0.2, 0.25) is 0 Å². The van der Waals surface area contributed by atoms with Crippen molar-refractivity contribution in [3.63, 3.8) is 0 Å². The van der Waals surface area contributed by atoms with Crippen LogP contribution in [0.1, 0.15) is 51.6 Å². The van der Waals surface area contributed by atoms with Crippen molar-refractivity contribution in [2.45, 2.75) is 58.9 Å². The standard InChI is InChI=1S/C17H32N4/c1-4-6-11-21-14-16(5-2)19-17(21)20-12-8-15(9-13-20)7-10-18-3/h14-15,18H,4-13H2,1-3H3. The van der Waals surface area contributed by atoms with Crippen LogP contribution in [0.4, 0.5) is 5.95 Å². The fraction of sp³-hybridized carbons (Fsp3) is 0.824. The number of nitrogens with one attached hydrogen (secondary N) is 1. The zero-order valence-electron chi connectivity index (χ0n) is 14.1. The normalized spacial score (nSPS) is 16.6. The van der Waals surface area contributed by atoms with E-state index in [0.717, 1.165) is 25.4 Å². The average molecular weight is 292 g/mol. The minimum Gasteiger partial charge on any atom is -0.342 e. The summed E-state index contributed by atoms with van der Waals surface area (Å²) in [4.78, 5) is 7.37. The third kappa shape index (κ3) is 4.47. The highest BCUT2D eigenvalue weighted by Gasteiger charge is 2.22. The molecule has 0 bridgehead atoms. The molecule has 1 fully saturated rings. The Hall–Kier alpha value is -1.03. The fourth-order valence-electron chi connectivity index (χ4n) is 3.14. The number of aryl methyl sites for hydroxylation is 2. The lowest BCUT2D eigenvalue weighted by atomic mass is 9.94. The van der Waals surface area contributed by atoms with Crippen molar-refractivity contribution in [2.75, 3.05) is 31.6 Å². The van der Waals surface area contributed by atoms with Gasteiger partial charge in [0.05, 0.1) is 5.69 Å². The summed E-state index contributed by atoms with van der Waals surface area (Å²) in [5, 5.41) is 3.27. The number of piperidine rings is 1. The number of hydrogen-bond acceptors (Lipinski definition) is 3. The Morgan fingerprint density at radius 2 is 2.05 bits per heavy atom. The van der Waals surface area contributed by atoms with E-state index in [4.69, 9.17) is 4.98 Å². The second-order valence-corrected chi connectivity index (χ2v) is 6.26. The Balaban J connectivity index is 1.96. The Kier molecular flexibility index (Phi) is 6.55. The second-order valence-electron chi connectivity index (χ2n) is 6.26. The molecule has 120 valence electrons. The van der Waals surface area contributed by atoms with Crippen molar-refractivity contribution >= 4 is 5.95 Å². The third-order valence-electron chi connectivity index (χ3n) is 4.62. The number of unbranched alkanes of at least 4 members (excludes halogenated alkanes) is 1. The predicted molar refractivity (Wildman–Crippen MR) is 90.0 cm³/mol. The maximum atomic E-state index is 4.87. The van der Waals surface area contributed by atoms with Crippen LogP contribution >= 0.6 is 0 Å². The van der Waals surface area contributed by atoms with Crippen molar-refractivity contribution in [3.8, 4) is 0 Å². The van der Waals surface area contributed by atoms with E-state index < -0.39 is 0 Å². The summed E-state index contributed by atoms with van der Waals surface area (Å²) >= 11 is 0. The van der Waals surface area contributed by atoms with Gasteiger partial charge in [0.25, 0.3) is 0 Å². The molecular weight excluding hydrogens is 260 g/mol. The van der Waals surface area contributed by atoms with E-state index in [1.54, 1.807) is 0 Å². The summed E-state index contributed by atoms with van der Waals surface area (Å²) in [6.07, 6.45) is 9.71. The molecule has 4 heteroatoms. The van der Waals surface area contributed by atoms with Crippen LogP contribution in [0.15, 0.2) is 6.20 Å². The average Bonchev–Trinajstić information content (AvgIpc) is 2.94. The van der Waals surface area contributed by atoms with E-state index in [9.17, 15) is 0 Å². The first kappa shape index (κ1) is 16.3. The van der Waals surface area contributed by atoms with E-state index in [-0.39, 0.29) is 0 Å². The summed E-state index contributed by atoms with van der Waals surface area (Å²) < 4.78 is 2.39. The number of anilines is 1. The minimum absolute atomic E-state index is 0.887. The maximum absolute atomic E-state index is 4.87. The molecule has 0 unspecified atom stereocenters. The van der Waals surface area contributed by atoms with Crippen LogP contribution in [0.5, 0.6) is 0 Å². The van der Waals surface area contributed by atoms with Gasteiger partial charge in [-0.25, -0.2) is 4.98 Å². The molecule has 0 radical (unpaired) electrons. The predicted octanol–water partition coefficient (Wildman–Crippen LogP) is 3.07. The number of imidazole rings is 1. The number of nitrogens with zero attached hydrogens (tertiary/aromatic N) is 3. The molecule has 4 nitrogen and oxygen atoms in total. The molecule has 1 N–H and O–H groups in total. The van der Waals surface area contributed by atoms with Crippen molar-refractivity contribution in [3.05, 3.63) is 11.9 Å². The SMILES string of the molecule is CCCCn1cc(CC)nc1N1CCC(CCNC)CC1.